The second-order valence-corrected chi connectivity index (χ2v) is 4.34. The predicted octanol–water partition coefficient (Wildman–Crippen LogP) is -2.18. The fourth-order valence-electron chi connectivity index (χ4n) is 1.22. The van der Waals surface area contributed by atoms with Gasteiger partial charge in [-0.25, -0.2) is 0 Å². The van der Waals surface area contributed by atoms with Gasteiger partial charge < -0.3 is 0 Å². The molecule has 0 amide bonds. The second kappa shape index (κ2) is 3.72. The summed E-state index contributed by atoms with van der Waals surface area (Å²) in [5, 5.41) is 9.31. The van der Waals surface area contributed by atoms with Crippen LogP contribution >= 0.6 is 8.17 Å². The Balaban J connectivity index is 2.59. The van der Waals surface area contributed by atoms with Gasteiger partial charge in [-0.1, -0.05) is 0 Å². The summed E-state index contributed by atoms with van der Waals surface area (Å²) in [6.07, 6.45) is -3.71. The van der Waals surface area contributed by atoms with Crippen molar-refractivity contribution in [1.29, 1.82) is 0 Å². The monoisotopic (exact) mass is 215 g/mol. The molecule has 4 unspecified atom stereocenters. The number of hydrogen-bond acceptors (Lipinski definition) is 7. The Kier molecular flexibility index (Phi) is 3.21. The number of aliphatic hydroxyl groups is 1. The van der Waals surface area contributed by atoms with Crippen molar-refractivity contribution in [3.63, 3.8) is 0 Å². The van der Waals surface area contributed by atoms with Crippen LogP contribution in [0.5, 0.6) is 0 Å². The third kappa shape index (κ3) is 2.80. The van der Waals surface area contributed by atoms with E-state index in [0.717, 1.165) is 0 Å². The van der Waals surface area contributed by atoms with Crippen LogP contribution in [0, 0.1) is 0 Å². The number of hydrogen-bond donors (Lipinski definition) is 5. The third-order valence-electron chi connectivity index (χ3n) is 1.80. The van der Waals surface area contributed by atoms with E-state index in [4.69, 9.17) is 25.2 Å². The molecule has 0 aromatic heterocycles. The van der Waals surface area contributed by atoms with Crippen LogP contribution in [-0.2, 0) is 9.26 Å². The van der Waals surface area contributed by atoms with Crippen LogP contribution in [-0.4, -0.2) is 44.3 Å². The van der Waals surface area contributed by atoms with Crippen LogP contribution in [0.1, 0.15) is 6.92 Å². The maximum atomic E-state index is 9.31. The number of aliphatic hydroxyl groups excluding tert-OH is 1. The maximum absolute atomic E-state index is 9.31. The van der Waals surface area contributed by atoms with Crippen LogP contribution in [0.25, 0.3) is 0 Å². The molecule has 0 aliphatic carbocycles. The predicted molar refractivity (Wildman–Crippen MR) is 44.4 cm³/mol. The molecule has 0 radical (unpaired) electrons. The second-order valence-electron chi connectivity index (χ2n) is 2.95. The van der Waals surface area contributed by atoms with E-state index in [1.54, 1.807) is 6.92 Å². The summed E-state index contributed by atoms with van der Waals surface area (Å²) in [7, 11) is -4.63. The molecule has 1 aliphatic heterocycles. The third-order valence-corrected chi connectivity index (χ3v) is 2.39. The normalized spacial score (nSPS) is 42.3. The molecule has 80 valence electrons. The zero-order valence-corrected chi connectivity index (χ0v) is 7.99. The van der Waals surface area contributed by atoms with E-state index in [2.05, 4.69) is 4.52 Å². The van der Waals surface area contributed by atoms with Crippen LogP contribution in [0.2, 0.25) is 0 Å². The van der Waals surface area contributed by atoms with Crippen molar-refractivity contribution in [3.05, 3.63) is 0 Å². The fraction of sp³-hybridized carbons (Fsp3) is 1.00. The molecule has 1 aliphatic rings. The molecule has 1 heterocycles. The van der Waals surface area contributed by atoms with Gasteiger partial charge in [0.2, 0.25) is 0 Å². The molecule has 1 saturated heterocycles. The molecular weight excluding hydrogens is 201 g/mol. The van der Waals surface area contributed by atoms with Crippen molar-refractivity contribution in [2.24, 2.45) is 5.73 Å². The Labute approximate surface area is 75.4 Å². The quantitative estimate of drug-likeness (QED) is 0.331. The van der Waals surface area contributed by atoms with Crippen molar-refractivity contribution < 1.29 is 29.0 Å². The summed E-state index contributed by atoms with van der Waals surface area (Å²) in [6.45, 7) is 1.54. The summed E-state index contributed by atoms with van der Waals surface area (Å²) in [5.41, 5.74) is 5.30. The molecular formula is C5H14NO6P. The van der Waals surface area contributed by atoms with Gasteiger partial charge in [0, 0.05) is 0 Å². The molecule has 1 rings (SSSR count). The molecule has 8 heteroatoms. The Morgan fingerprint density at radius 1 is 1.38 bits per heavy atom. The van der Waals surface area contributed by atoms with E-state index < -0.39 is 32.7 Å². The first kappa shape index (κ1) is 11.2. The van der Waals surface area contributed by atoms with Crippen LogP contribution in [0.3, 0.4) is 0 Å². The standard InChI is InChI=1S/C5H14NO6P/c1-2-4(12-13(8,9)10)3(7)5(6)11-2/h2-5,7-10,13H,6H2,1H3. The van der Waals surface area contributed by atoms with Gasteiger partial charge in [0.1, 0.15) is 0 Å². The first-order chi connectivity index (χ1) is 5.81. The summed E-state index contributed by atoms with van der Waals surface area (Å²) in [4.78, 5) is 25.9. The number of rotatable bonds is 2. The van der Waals surface area contributed by atoms with E-state index >= 15 is 0 Å². The van der Waals surface area contributed by atoms with Crippen molar-refractivity contribution in [2.75, 3.05) is 0 Å². The van der Waals surface area contributed by atoms with E-state index in [1.165, 1.54) is 0 Å². The summed E-state index contributed by atoms with van der Waals surface area (Å²) in [5.74, 6) is 0. The molecule has 13 heavy (non-hydrogen) atoms. The molecule has 6 N–H and O–H groups in total. The molecule has 0 saturated carbocycles. The van der Waals surface area contributed by atoms with E-state index in [9.17, 15) is 5.11 Å². The first-order valence-electron chi connectivity index (χ1n) is 3.75. The average molecular weight is 215 g/mol. The molecule has 4 atom stereocenters. The number of ether oxygens (including phenoxy) is 1. The number of nitrogens with two attached hydrogens (primary N) is 1. The molecule has 0 bridgehead atoms. The first-order valence-corrected chi connectivity index (χ1v) is 5.50. The van der Waals surface area contributed by atoms with Crippen molar-refractivity contribution in [1.82, 2.24) is 0 Å². The Bertz CT molecular complexity index is 184. The van der Waals surface area contributed by atoms with Gasteiger partial charge in [0.15, 0.2) is 0 Å². The van der Waals surface area contributed by atoms with Crippen molar-refractivity contribution in [3.8, 4) is 0 Å². The molecule has 7 nitrogen and oxygen atoms in total. The summed E-state index contributed by atoms with van der Waals surface area (Å²) < 4.78 is 9.37. The molecule has 0 spiro atoms. The Morgan fingerprint density at radius 3 is 2.23 bits per heavy atom. The minimum atomic E-state index is -4.63. The van der Waals surface area contributed by atoms with Gasteiger partial charge in [-0.3, -0.25) is 0 Å². The van der Waals surface area contributed by atoms with Gasteiger partial charge >= 0.3 is 74.4 Å². The summed E-state index contributed by atoms with van der Waals surface area (Å²) in [6, 6.07) is 0. The van der Waals surface area contributed by atoms with Gasteiger partial charge in [0.05, 0.1) is 0 Å². The SMILES string of the molecule is CC1OC(N)C(O)C1O[PH](O)(O)O. The minimum absolute atomic E-state index is 0.594. The van der Waals surface area contributed by atoms with Gasteiger partial charge in [0.25, 0.3) is 0 Å². The topological polar surface area (TPSA) is 125 Å². The zero-order chi connectivity index (χ0) is 10.2. The van der Waals surface area contributed by atoms with Gasteiger partial charge in [-0.2, -0.15) is 0 Å². The average Bonchev–Trinajstić information content (AvgIpc) is 2.14. The Morgan fingerprint density at radius 2 is 1.92 bits per heavy atom. The van der Waals surface area contributed by atoms with Gasteiger partial charge in [-0.15, -0.1) is 0 Å². The van der Waals surface area contributed by atoms with Crippen molar-refractivity contribution in [2.45, 2.75) is 31.5 Å². The fourth-order valence-corrected chi connectivity index (χ4v) is 1.91. The van der Waals surface area contributed by atoms with Crippen LogP contribution < -0.4 is 5.73 Å². The van der Waals surface area contributed by atoms with E-state index in [-0.39, 0.29) is 0 Å². The summed E-state index contributed by atoms with van der Waals surface area (Å²) >= 11 is 0. The van der Waals surface area contributed by atoms with E-state index in [0.29, 0.717) is 0 Å². The van der Waals surface area contributed by atoms with Gasteiger partial charge in [-0.05, 0) is 0 Å². The van der Waals surface area contributed by atoms with Crippen LogP contribution in [0.4, 0.5) is 0 Å². The van der Waals surface area contributed by atoms with Crippen LogP contribution in [0.15, 0.2) is 0 Å². The van der Waals surface area contributed by atoms with Crippen molar-refractivity contribution >= 4 is 8.17 Å². The zero-order valence-electron chi connectivity index (χ0n) is 6.99. The Hall–Kier alpha value is 0.150. The molecule has 0 aromatic rings. The van der Waals surface area contributed by atoms with E-state index in [1.807, 2.05) is 0 Å². The molecule has 0 aromatic carbocycles. The molecule has 1 fully saturated rings.